The van der Waals surface area contributed by atoms with Gasteiger partial charge in [0.1, 0.15) is 0 Å². The summed E-state index contributed by atoms with van der Waals surface area (Å²) in [7, 11) is 0. The highest BCUT2D eigenvalue weighted by Crippen LogP contribution is 2.00. The molecule has 16 heavy (non-hydrogen) atoms. The van der Waals surface area contributed by atoms with E-state index in [0.29, 0.717) is 19.8 Å². The fourth-order valence-corrected chi connectivity index (χ4v) is 1.29. The van der Waals surface area contributed by atoms with E-state index in [0.717, 1.165) is 13.0 Å². The number of hydrogen-bond donors (Lipinski definition) is 3. The van der Waals surface area contributed by atoms with Gasteiger partial charge in [0.25, 0.3) is 0 Å². The van der Waals surface area contributed by atoms with Crippen molar-refractivity contribution in [2.45, 2.75) is 32.7 Å². The third-order valence-corrected chi connectivity index (χ3v) is 2.17. The molecule has 5 heteroatoms. The number of amides is 1. The summed E-state index contributed by atoms with van der Waals surface area (Å²) in [5.74, 6) is -0.00323. The first-order valence-corrected chi connectivity index (χ1v) is 5.76. The van der Waals surface area contributed by atoms with Crippen LogP contribution < -0.4 is 10.6 Å². The smallest absolute Gasteiger partial charge is 0.239 e. The highest BCUT2D eigenvalue weighted by atomic mass is 16.5. The number of carbonyl (C=O) groups is 1. The predicted molar refractivity (Wildman–Crippen MR) is 63.3 cm³/mol. The Bertz CT molecular complexity index is 196. The van der Waals surface area contributed by atoms with Gasteiger partial charge in [0.2, 0.25) is 5.91 Å². The number of aliphatic hydroxyl groups is 1. The summed E-state index contributed by atoms with van der Waals surface area (Å²) in [5.41, 5.74) is -0.527. The van der Waals surface area contributed by atoms with Gasteiger partial charge in [0, 0.05) is 13.2 Å². The molecule has 0 rings (SSSR count). The SMILES string of the molecule is CCNC(C)(C)C(=O)NCCCOCCO. The molecule has 0 unspecified atom stereocenters. The molecule has 0 saturated carbocycles. The molecule has 0 aromatic rings. The van der Waals surface area contributed by atoms with Crippen LogP contribution in [0.25, 0.3) is 0 Å². The quantitative estimate of drug-likeness (QED) is 0.485. The number of carbonyl (C=O) groups excluding carboxylic acids is 1. The van der Waals surface area contributed by atoms with Gasteiger partial charge < -0.3 is 20.5 Å². The monoisotopic (exact) mass is 232 g/mol. The van der Waals surface area contributed by atoms with Crippen molar-refractivity contribution in [2.24, 2.45) is 0 Å². The summed E-state index contributed by atoms with van der Waals surface area (Å²) in [6.45, 7) is 8.00. The van der Waals surface area contributed by atoms with Gasteiger partial charge in [-0.25, -0.2) is 0 Å². The number of ether oxygens (including phenoxy) is 1. The Kier molecular flexibility index (Phi) is 8.15. The first-order valence-electron chi connectivity index (χ1n) is 5.76. The Morgan fingerprint density at radius 2 is 2.06 bits per heavy atom. The summed E-state index contributed by atoms with van der Waals surface area (Å²) in [6.07, 6.45) is 0.758. The van der Waals surface area contributed by atoms with Crippen LogP contribution in [0.1, 0.15) is 27.2 Å². The lowest BCUT2D eigenvalue weighted by Gasteiger charge is -2.24. The van der Waals surface area contributed by atoms with Gasteiger partial charge in [-0.15, -0.1) is 0 Å². The highest BCUT2D eigenvalue weighted by molar-refractivity contribution is 5.85. The molecule has 3 N–H and O–H groups in total. The van der Waals surface area contributed by atoms with Crippen LogP contribution in [-0.2, 0) is 9.53 Å². The molecule has 0 fully saturated rings. The van der Waals surface area contributed by atoms with Crippen molar-refractivity contribution in [3.05, 3.63) is 0 Å². The number of hydrogen-bond acceptors (Lipinski definition) is 4. The van der Waals surface area contributed by atoms with E-state index >= 15 is 0 Å². The molecular weight excluding hydrogens is 208 g/mol. The van der Waals surface area contributed by atoms with Crippen LogP contribution in [-0.4, -0.2) is 49.5 Å². The first kappa shape index (κ1) is 15.3. The molecule has 0 radical (unpaired) electrons. The molecule has 0 aliphatic carbocycles. The molecule has 0 saturated heterocycles. The summed E-state index contributed by atoms with van der Waals surface area (Å²) in [4.78, 5) is 11.7. The van der Waals surface area contributed by atoms with Crippen LogP contribution in [0.3, 0.4) is 0 Å². The van der Waals surface area contributed by atoms with Crippen LogP contribution >= 0.6 is 0 Å². The van der Waals surface area contributed by atoms with Gasteiger partial charge in [0.05, 0.1) is 18.8 Å². The Balaban J connectivity index is 3.57. The van der Waals surface area contributed by atoms with E-state index in [9.17, 15) is 4.79 Å². The Labute approximate surface area is 97.6 Å². The minimum atomic E-state index is -0.527. The lowest BCUT2D eigenvalue weighted by molar-refractivity contribution is -0.126. The first-order chi connectivity index (χ1) is 7.54. The fourth-order valence-electron chi connectivity index (χ4n) is 1.29. The number of rotatable bonds is 9. The lowest BCUT2D eigenvalue weighted by atomic mass is 10.0. The lowest BCUT2D eigenvalue weighted by Crippen LogP contribution is -2.52. The maximum Gasteiger partial charge on any atom is 0.239 e. The van der Waals surface area contributed by atoms with Crippen molar-refractivity contribution in [1.29, 1.82) is 0 Å². The van der Waals surface area contributed by atoms with Gasteiger partial charge in [-0.05, 0) is 26.8 Å². The Morgan fingerprint density at radius 3 is 2.62 bits per heavy atom. The van der Waals surface area contributed by atoms with Crippen molar-refractivity contribution in [1.82, 2.24) is 10.6 Å². The predicted octanol–water partition coefficient (Wildman–Crippen LogP) is -0.110. The third-order valence-electron chi connectivity index (χ3n) is 2.17. The minimum Gasteiger partial charge on any atom is -0.394 e. The highest BCUT2D eigenvalue weighted by Gasteiger charge is 2.25. The Hall–Kier alpha value is -0.650. The normalized spacial score (nSPS) is 11.5. The van der Waals surface area contributed by atoms with E-state index in [2.05, 4.69) is 10.6 Å². The zero-order valence-corrected chi connectivity index (χ0v) is 10.5. The van der Waals surface area contributed by atoms with Crippen LogP contribution in [0.4, 0.5) is 0 Å². The topological polar surface area (TPSA) is 70.6 Å². The van der Waals surface area contributed by atoms with Crippen LogP contribution in [0.15, 0.2) is 0 Å². The minimum absolute atomic E-state index is 0.00323. The molecular formula is C11H24N2O3. The van der Waals surface area contributed by atoms with Crippen molar-refractivity contribution >= 4 is 5.91 Å². The molecule has 0 spiro atoms. The maximum absolute atomic E-state index is 11.7. The van der Waals surface area contributed by atoms with Gasteiger partial charge in [-0.1, -0.05) is 6.92 Å². The van der Waals surface area contributed by atoms with Gasteiger partial charge >= 0.3 is 0 Å². The zero-order valence-electron chi connectivity index (χ0n) is 10.5. The van der Waals surface area contributed by atoms with E-state index in [1.807, 2.05) is 20.8 Å². The fraction of sp³-hybridized carbons (Fsp3) is 0.909. The van der Waals surface area contributed by atoms with E-state index in [1.165, 1.54) is 0 Å². The zero-order chi connectivity index (χ0) is 12.4. The second-order valence-electron chi connectivity index (χ2n) is 4.10. The summed E-state index contributed by atoms with van der Waals surface area (Å²) in [5, 5.41) is 14.4. The van der Waals surface area contributed by atoms with Crippen molar-refractivity contribution in [2.75, 3.05) is 32.9 Å². The molecule has 5 nitrogen and oxygen atoms in total. The second-order valence-corrected chi connectivity index (χ2v) is 4.10. The molecule has 0 aliphatic heterocycles. The molecule has 0 aliphatic rings. The number of nitrogens with one attached hydrogen (secondary N) is 2. The van der Waals surface area contributed by atoms with Crippen molar-refractivity contribution in [3.8, 4) is 0 Å². The Morgan fingerprint density at radius 1 is 1.38 bits per heavy atom. The van der Waals surface area contributed by atoms with Gasteiger partial charge in [0.15, 0.2) is 0 Å². The molecule has 0 aromatic heterocycles. The van der Waals surface area contributed by atoms with Crippen LogP contribution in [0.5, 0.6) is 0 Å². The van der Waals surface area contributed by atoms with Crippen LogP contribution in [0, 0.1) is 0 Å². The summed E-state index contributed by atoms with van der Waals surface area (Å²) < 4.78 is 5.08. The van der Waals surface area contributed by atoms with E-state index < -0.39 is 5.54 Å². The van der Waals surface area contributed by atoms with E-state index in [-0.39, 0.29) is 12.5 Å². The largest absolute Gasteiger partial charge is 0.394 e. The van der Waals surface area contributed by atoms with Crippen molar-refractivity contribution < 1.29 is 14.6 Å². The number of likely N-dealkylation sites (N-methyl/N-ethyl adjacent to an activating group) is 1. The van der Waals surface area contributed by atoms with E-state index in [4.69, 9.17) is 9.84 Å². The molecule has 1 amide bonds. The molecule has 0 bridgehead atoms. The van der Waals surface area contributed by atoms with Gasteiger partial charge in [-0.3, -0.25) is 4.79 Å². The second kappa shape index (κ2) is 8.50. The number of aliphatic hydroxyl groups excluding tert-OH is 1. The van der Waals surface area contributed by atoms with Gasteiger partial charge in [-0.2, -0.15) is 0 Å². The average Bonchev–Trinajstić information content (AvgIpc) is 2.22. The van der Waals surface area contributed by atoms with E-state index in [1.54, 1.807) is 0 Å². The maximum atomic E-state index is 11.7. The third kappa shape index (κ3) is 6.76. The average molecular weight is 232 g/mol. The molecule has 0 atom stereocenters. The van der Waals surface area contributed by atoms with Crippen molar-refractivity contribution in [3.63, 3.8) is 0 Å². The standard InChI is InChI=1S/C11H24N2O3/c1-4-13-11(2,3)10(15)12-6-5-8-16-9-7-14/h13-14H,4-9H2,1-3H3,(H,12,15). The molecule has 0 aromatic carbocycles. The molecule has 0 heterocycles. The molecule has 96 valence electrons. The summed E-state index contributed by atoms with van der Waals surface area (Å²) in [6, 6.07) is 0. The summed E-state index contributed by atoms with van der Waals surface area (Å²) >= 11 is 0. The van der Waals surface area contributed by atoms with Crippen LogP contribution in [0.2, 0.25) is 0 Å².